The molecular weight excluding hydrogens is 352 g/mol. The van der Waals surface area contributed by atoms with Gasteiger partial charge in [0.05, 0.1) is 16.9 Å². The van der Waals surface area contributed by atoms with Crippen LogP contribution in [0.25, 0.3) is 10.9 Å². The van der Waals surface area contributed by atoms with Crippen LogP contribution in [0.15, 0.2) is 29.1 Å². The molecule has 6 nitrogen and oxygen atoms in total. The number of para-hydroxylation sites is 1. The van der Waals surface area contributed by atoms with E-state index in [1.54, 1.807) is 4.57 Å². The van der Waals surface area contributed by atoms with Crippen molar-refractivity contribution < 1.29 is 4.79 Å². The molecule has 150 valence electrons. The number of carbonyl (C=O) groups excluding carboxylic acids is 1. The van der Waals surface area contributed by atoms with Gasteiger partial charge in [-0.1, -0.05) is 31.9 Å². The fraction of sp³-hybridized carbons (Fsp3) is 0.591. The molecule has 4 rings (SSSR count). The van der Waals surface area contributed by atoms with Crippen molar-refractivity contribution in [2.45, 2.75) is 45.1 Å². The number of hydrogen-bond donors (Lipinski definition) is 0. The van der Waals surface area contributed by atoms with Crippen molar-refractivity contribution in [3.63, 3.8) is 0 Å². The fourth-order valence-electron chi connectivity index (χ4n) is 4.82. The minimum absolute atomic E-state index is 0.00842. The van der Waals surface area contributed by atoms with Crippen molar-refractivity contribution in [3.05, 3.63) is 40.4 Å². The van der Waals surface area contributed by atoms with E-state index in [-0.39, 0.29) is 17.5 Å². The van der Waals surface area contributed by atoms with Crippen LogP contribution in [-0.4, -0.2) is 51.4 Å². The van der Waals surface area contributed by atoms with E-state index in [9.17, 15) is 9.59 Å². The fourth-order valence-corrected chi connectivity index (χ4v) is 4.82. The van der Waals surface area contributed by atoms with Crippen LogP contribution >= 0.6 is 0 Å². The van der Waals surface area contributed by atoms with Gasteiger partial charge in [0.15, 0.2) is 0 Å². The molecule has 2 aliphatic rings. The van der Waals surface area contributed by atoms with E-state index < -0.39 is 0 Å². The zero-order chi connectivity index (χ0) is 19.7. The quantitative estimate of drug-likeness (QED) is 0.816. The summed E-state index contributed by atoms with van der Waals surface area (Å²) in [5, 5.41) is 0.663. The number of rotatable bonds is 4. The summed E-state index contributed by atoms with van der Waals surface area (Å²) >= 11 is 0. The highest BCUT2D eigenvalue weighted by Crippen LogP contribution is 2.28. The average molecular weight is 383 g/mol. The number of nitrogens with zero attached hydrogens (tertiary/aromatic N) is 4. The molecule has 1 aromatic heterocycles. The van der Waals surface area contributed by atoms with Gasteiger partial charge in [-0.3, -0.25) is 19.1 Å². The first-order valence-corrected chi connectivity index (χ1v) is 10.6. The molecule has 2 aromatic rings. The summed E-state index contributed by atoms with van der Waals surface area (Å²) in [6.45, 7) is 5.35. The Bertz CT molecular complexity index is 908. The maximum absolute atomic E-state index is 12.8. The van der Waals surface area contributed by atoms with Gasteiger partial charge < -0.3 is 4.90 Å². The first kappa shape index (κ1) is 19.1. The monoisotopic (exact) mass is 382 g/mol. The van der Waals surface area contributed by atoms with Crippen LogP contribution < -0.4 is 5.56 Å². The van der Waals surface area contributed by atoms with Gasteiger partial charge in [0, 0.05) is 39.1 Å². The van der Waals surface area contributed by atoms with Gasteiger partial charge in [-0.2, -0.15) is 0 Å². The number of carbonyl (C=O) groups is 1. The zero-order valence-electron chi connectivity index (χ0n) is 16.9. The van der Waals surface area contributed by atoms with Crippen LogP contribution in [0.1, 0.15) is 50.9 Å². The SMILES string of the molecule is CCC(c1nc2ccccc2c(=O)n1C)N1CCN(C(=O)C2CCCC2)CC1. The Morgan fingerprint density at radius 2 is 1.82 bits per heavy atom. The predicted molar refractivity (Wildman–Crippen MR) is 110 cm³/mol. The largest absolute Gasteiger partial charge is 0.340 e. The molecule has 1 saturated heterocycles. The maximum Gasteiger partial charge on any atom is 0.261 e. The van der Waals surface area contributed by atoms with Crippen molar-refractivity contribution in [3.8, 4) is 0 Å². The number of benzene rings is 1. The van der Waals surface area contributed by atoms with Crippen molar-refractivity contribution in [1.29, 1.82) is 0 Å². The lowest BCUT2D eigenvalue weighted by atomic mass is 10.1. The molecule has 1 amide bonds. The molecule has 0 bridgehead atoms. The molecule has 1 saturated carbocycles. The summed E-state index contributed by atoms with van der Waals surface area (Å²) in [6.07, 6.45) is 5.38. The van der Waals surface area contributed by atoms with Gasteiger partial charge >= 0.3 is 0 Å². The zero-order valence-corrected chi connectivity index (χ0v) is 16.9. The first-order chi connectivity index (χ1) is 13.6. The van der Waals surface area contributed by atoms with E-state index in [1.807, 2.05) is 36.2 Å². The standard InChI is InChI=1S/C22H30N4O2/c1-3-19(20-23-18-11-7-6-10-17(18)22(28)24(20)2)25-12-14-26(15-13-25)21(27)16-8-4-5-9-16/h6-7,10-11,16,19H,3-5,8-9,12-15H2,1-2H3. The molecule has 2 fully saturated rings. The van der Waals surface area contributed by atoms with E-state index in [1.165, 1.54) is 12.8 Å². The molecule has 1 aliphatic heterocycles. The normalized spacial score (nSPS) is 20.0. The number of hydrogen-bond acceptors (Lipinski definition) is 4. The van der Waals surface area contributed by atoms with Gasteiger partial charge in [-0.15, -0.1) is 0 Å². The van der Waals surface area contributed by atoms with E-state index in [4.69, 9.17) is 4.98 Å². The maximum atomic E-state index is 12.8. The lowest BCUT2D eigenvalue weighted by Crippen LogP contribution is -2.51. The lowest BCUT2D eigenvalue weighted by molar-refractivity contribution is -0.137. The Hall–Kier alpha value is -2.21. The third-order valence-corrected chi connectivity index (χ3v) is 6.47. The molecule has 1 atom stereocenters. The highest BCUT2D eigenvalue weighted by atomic mass is 16.2. The van der Waals surface area contributed by atoms with Crippen LogP contribution in [0.5, 0.6) is 0 Å². The molecule has 1 aliphatic carbocycles. The summed E-state index contributed by atoms with van der Waals surface area (Å²) in [5.41, 5.74) is 0.767. The third kappa shape index (κ3) is 3.46. The molecule has 1 aromatic carbocycles. The molecule has 0 spiro atoms. The van der Waals surface area contributed by atoms with E-state index in [0.717, 1.165) is 56.8 Å². The molecule has 28 heavy (non-hydrogen) atoms. The molecule has 0 N–H and O–H groups in total. The van der Waals surface area contributed by atoms with Gasteiger partial charge in [0.1, 0.15) is 5.82 Å². The second-order valence-electron chi connectivity index (χ2n) is 8.12. The first-order valence-electron chi connectivity index (χ1n) is 10.6. The van der Waals surface area contributed by atoms with Crippen molar-refractivity contribution in [2.24, 2.45) is 13.0 Å². The smallest absolute Gasteiger partial charge is 0.261 e. The third-order valence-electron chi connectivity index (χ3n) is 6.47. The Morgan fingerprint density at radius 3 is 2.50 bits per heavy atom. The number of piperazine rings is 1. The van der Waals surface area contributed by atoms with E-state index in [0.29, 0.717) is 11.3 Å². The number of amides is 1. The Labute approximate surface area is 166 Å². The summed E-state index contributed by atoms with van der Waals surface area (Å²) in [5.74, 6) is 1.42. The van der Waals surface area contributed by atoms with Crippen LogP contribution in [-0.2, 0) is 11.8 Å². The minimum atomic E-state index is 0.00842. The highest BCUT2D eigenvalue weighted by Gasteiger charge is 2.32. The molecule has 6 heteroatoms. The summed E-state index contributed by atoms with van der Waals surface area (Å²) in [6, 6.07) is 7.63. The summed E-state index contributed by atoms with van der Waals surface area (Å²) in [7, 11) is 1.82. The molecule has 2 heterocycles. The number of fused-ring (bicyclic) bond motifs is 1. The van der Waals surface area contributed by atoms with Crippen molar-refractivity contribution >= 4 is 16.8 Å². The van der Waals surface area contributed by atoms with Crippen molar-refractivity contribution in [1.82, 2.24) is 19.4 Å². The predicted octanol–water partition coefficient (Wildman–Crippen LogP) is 2.72. The Balaban J connectivity index is 1.52. The summed E-state index contributed by atoms with van der Waals surface area (Å²) < 4.78 is 1.70. The Kier molecular flexibility index (Phi) is 5.49. The average Bonchev–Trinajstić information content (AvgIpc) is 3.27. The molecule has 1 unspecified atom stereocenters. The second-order valence-corrected chi connectivity index (χ2v) is 8.12. The van der Waals surface area contributed by atoms with Crippen molar-refractivity contribution in [2.75, 3.05) is 26.2 Å². The number of aromatic nitrogens is 2. The molecular formula is C22H30N4O2. The van der Waals surface area contributed by atoms with Crippen LogP contribution in [0.2, 0.25) is 0 Å². The van der Waals surface area contributed by atoms with Crippen LogP contribution in [0, 0.1) is 5.92 Å². The van der Waals surface area contributed by atoms with Gasteiger partial charge in [0.2, 0.25) is 5.91 Å². The highest BCUT2D eigenvalue weighted by molar-refractivity contribution is 5.79. The van der Waals surface area contributed by atoms with Crippen LogP contribution in [0.4, 0.5) is 0 Å². The Morgan fingerprint density at radius 1 is 1.14 bits per heavy atom. The van der Waals surface area contributed by atoms with Crippen LogP contribution in [0.3, 0.4) is 0 Å². The van der Waals surface area contributed by atoms with Gasteiger partial charge in [-0.25, -0.2) is 4.98 Å². The second kappa shape index (κ2) is 8.03. The molecule has 0 radical (unpaired) electrons. The minimum Gasteiger partial charge on any atom is -0.340 e. The lowest BCUT2D eigenvalue weighted by Gasteiger charge is -2.39. The van der Waals surface area contributed by atoms with E-state index >= 15 is 0 Å². The van der Waals surface area contributed by atoms with E-state index in [2.05, 4.69) is 11.8 Å². The topological polar surface area (TPSA) is 58.4 Å². The van der Waals surface area contributed by atoms with Gasteiger partial charge in [-0.05, 0) is 31.4 Å². The summed E-state index contributed by atoms with van der Waals surface area (Å²) in [4.78, 5) is 34.8. The van der Waals surface area contributed by atoms with Gasteiger partial charge in [0.25, 0.3) is 5.56 Å².